The van der Waals surface area contributed by atoms with Crippen molar-refractivity contribution < 1.29 is 0 Å². The van der Waals surface area contributed by atoms with Gasteiger partial charge in [-0.2, -0.15) is 0 Å². The number of nitrogens with one attached hydrogen (secondary N) is 1. The summed E-state index contributed by atoms with van der Waals surface area (Å²) >= 11 is 0. The molecular weight excluding hydrogens is 218 g/mol. The summed E-state index contributed by atoms with van der Waals surface area (Å²) in [5.74, 6) is 1.39. The maximum Gasteiger partial charge on any atom is 0.0322 e. The molecule has 0 aliphatic heterocycles. The van der Waals surface area contributed by atoms with Crippen LogP contribution in [0.4, 0.5) is 0 Å². The Labute approximate surface area is 113 Å². The van der Waals surface area contributed by atoms with Crippen molar-refractivity contribution in [1.29, 1.82) is 0 Å². The van der Waals surface area contributed by atoms with Gasteiger partial charge >= 0.3 is 0 Å². The molecule has 2 unspecified atom stereocenters. The van der Waals surface area contributed by atoms with E-state index in [9.17, 15) is 0 Å². The molecule has 0 saturated heterocycles. The van der Waals surface area contributed by atoms with Gasteiger partial charge in [-0.1, -0.05) is 65.3 Å². The predicted octanol–water partition coefficient (Wildman–Crippen LogP) is 4.90. The van der Waals surface area contributed by atoms with Gasteiger partial charge in [0, 0.05) is 6.04 Å². The van der Waals surface area contributed by atoms with E-state index in [1.54, 1.807) is 0 Å². The molecule has 0 fully saturated rings. The van der Waals surface area contributed by atoms with Gasteiger partial charge in [-0.3, -0.25) is 0 Å². The maximum atomic E-state index is 3.61. The van der Waals surface area contributed by atoms with Crippen LogP contribution < -0.4 is 5.32 Å². The third-order valence-electron chi connectivity index (χ3n) is 3.79. The Balaban J connectivity index is 2.78. The lowest BCUT2D eigenvalue weighted by Crippen LogP contribution is -2.22. The summed E-state index contributed by atoms with van der Waals surface area (Å²) in [5, 5.41) is 3.61. The minimum absolute atomic E-state index is 0.506. The van der Waals surface area contributed by atoms with Crippen molar-refractivity contribution in [2.45, 2.75) is 59.4 Å². The predicted molar refractivity (Wildman–Crippen MR) is 81.0 cm³/mol. The number of rotatable bonds is 7. The van der Waals surface area contributed by atoms with Gasteiger partial charge in [0.05, 0.1) is 0 Å². The molecule has 0 spiro atoms. The smallest absolute Gasteiger partial charge is 0.0322 e. The van der Waals surface area contributed by atoms with Crippen LogP contribution in [-0.4, -0.2) is 6.54 Å². The summed E-state index contributed by atoms with van der Waals surface area (Å²) in [6.07, 6.45) is 2.48. The molecule has 0 bridgehead atoms. The van der Waals surface area contributed by atoms with Gasteiger partial charge in [0.2, 0.25) is 0 Å². The van der Waals surface area contributed by atoms with E-state index in [-0.39, 0.29) is 0 Å². The van der Waals surface area contributed by atoms with Crippen LogP contribution >= 0.6 is 0 Å². The molecule has 1 heteroatoms. The highest BCUT2D eigenvalue weighted by Crippen LogP contribution is 2.24. The van der Waals surface area contributed by atoms with Gasteiger partial charge in [0.15, 0.2) is 0 Å². The molecule has 18 heavy (non-hydrogen) atoms. The second-order valence-electron chi connectivity index (χ2n) is 5.68. The van der Waals surface area contributed by atoms with Crippen LogP contribution in [0.1, 0.15) is 70.5 Å². The van der Waals surface area contributed by atoms with E-state index in [1.807, 2.05) is 0 Å². The molecule has 1 nitrogen and oxygen atoms in total. The topological polar surface area (TPSA) is 12.0 Å². The average Bonchev–Trinajstić information content (AvgIpc) is 2.38. The molecule has 2 atom stereocenters. The quantitative estimate of drug-likeness (QED) is 0.723. The molecule has 1 N–H and O–H groups in total. The Kier molecular flexibility index (Phi) is 6.42. The highest BCUT2D eigenvalue weighted by molar-refractivity contribution is 5.26. The van der Waals surface area contributed by atoms with E-state index >= 15 is 0 Å². The first-order valence-electron chi connectivity index (χ1n) is 7.41. The minimum atomic E-state index is 0.506. The fourth-order valence-corrected chi connectivity index (χ4v) is 2.27. The minimum Gasteiger partial charge on any atom is -0.310 e. The maximum absolute atomic E-state index is 3.61. The molecule has 0 aliphatic rings. The van der Waals surface area contributed by atoms with Crippen LogP contribution in [0.15, 0.2) is 24.3 Å². The fraction of sp³-hybridized carbons (Fsp3) is 0.647. The molecule has 0 heterocycles. The average molecular weight is 247 g/mol. The highest BCUT2D eigenvalue weighted by Gasteiger charge is 2.13. The Morgan fingerprint density at radius 2 is 1.50 bits per heavy atom. The summed E-state index contributed by atoms with van der Waals surface area (Å²) in [4.78, 5) is 0. The fourth-order valence-electron chi connectivity index (χ4n) is 2.27. The van der Waals surface area contributed by atoms with E-state index < -0.39 is 0 Å². The third kappa shape index (κ3) is 4.45. The molecular formula is C17H29N. The lowest BCUT2D eigenvalue weighted by Gasteiger charge is -2.22. The van der Waals surface area contributed by atoms with Crippen molar-refractivity contribution in [3.63, 3.8) is 0 Å². The molecule has 0 saturated carbocycles. The summed E-state index contributed by atoms with van der Waals surface area (Å²) in [6, 6.07) is 9.66. The van der Waals surface area contributed by atoms with Gasteiger partial charge in [-0.15, -0.1) is 0 Å². The van der Waals surface area contributed by atoms with Crippen LogP contribution in [-0.2, 0) is 0 Å². The normalized spacial score (nSPS) is 14.8. The zero-order valence-electron chi connectivity index (χ0n) is 12.7. The summed E-state index contributed by atoms with van der Waals surface area (Å²) in [6.45, 7) is 12.3. The van der Waals surface area contributed by atoms with Gasteiger partial charge < -0.3 is 5.32 Å². The van der Waals surface area contributed by atoms with Crippen LogP contribution in [0.5, 0.6) is 0 Å². The molecule has 102 valence electrons. The van der Waals surface area contributed by atoms with Crippen LogP contribution in [0.3, 0.4) is 0 Å². The van der Waals surface area contributed by atoms with Crippen molar-refractivity contribution in [3.8, 4) is 0 Å². The second kappa shape index (κ2) is 7.58. The summed E-state index contributed by atoms with van der Waals surface area (Å²) in [7, 11) is 0. The zero-order chi connectivity index (χ0) is 13.5. The second-order valence-corrected chi connectivity index (χ2v) is 5.68. The number of hydrogen-bond acceptors (Lipinski definition) is 1. The van der Waals surface area contributed by atoms with Crippen molar-refractivity contribution >= 4 is 0 Å². The Hall–Kier alpha value is -0.820. The van der Waals surface area contributed by atoms with Crippen molar-refractivity contribution in [2.75, 3.05) is 6.54 Å². The Bertz CT molecular complexity index is 326. The van der Waals surface area contributed by atoms with E-state index in [0.29, 0.717) is 12.0 Å². The highest BCUT2D eigenvalue weighted by atomic mass is 14.9. The zero-order valence-corrected chi connectivity index (χ0v) is 12.7. The summed E-state index contributed by atoms with van der Waals surface area (Å²) < 4.78 is 0. The van der Waals surface area contributed by atoms with E-state index in [2.05, 4.69) is 64.2 Å². The molecule has 1 aromatic rings. The van der Waals surface area contributed by atoms with Gasteiger partial charge in [0.25, 0.3) is 0 Å². The molecule has 0 aliphatic carbocycles. The first-order chi connectivity index (χ1) is 8.58. The largest absolute Gasteiger partial charge is 0.310 e. The number of benzene rings is 1. The van der Waals surface area contributed by atoms with Crippen LogP contribution in [0.25, 0.3) is 0 Å². The SMILES string of the molecule is CCNC(CC(C)CC)c1ccc(C(C)C)cc1. The van der Waals surface area contributed by atoms with Crippen LogP contribution in [0, 0.1) is 5.92 Å². The van der Waals surface area contributed by atoms with E-state index in [0.717, 1.165) is 12.5 Å². The molecule has 0 aromatic heterocycles. The Morgan fingerprint density at radius 3 is 1.94 bits per heavy atom. The number of hydrogen-bond donors (Lipinski definition) is 1. The summed E-state index contributed by atoms with van der Waals surface area (Å²) in [5.41, 5.74) is 2.86. The van der Waals surface area contributed by atoms with Crippen molar-refractivity contribution in [3.05, 3.63) is 35.4 Å². The van der Waals surface area contributed by atoms with Gasteiger partial charge in [-0.05, 0) is 35.9 Å². The lowest BCUT2D eigenvalue weighted by atomic mass is 9.92. The van der Waals surface area contributed by atoms with Crippen molar-refractivity contribution in [2.24, 2.45) is 5.92 Å². The molecule has 0 amide bonds. The lowest BCUT2D eigenvalue weighted by molar-refractivity contribution is 0.408. The first-order valence-corrected chi connectivity index (χ1v) is 7.41. The first kappa shape index (κ1) is 15.2. The molecule has 1 rings (SSSR count). The monoisotopic (exact) mass is 247 g/mol. The van der Waals surface area contributed by atoms with Gasteiger partial charge in [0.1, 0.15) is 0 Å². The standard InChI is InChI=1S/C17H29N/c1-6-14(5)12-17(18-7-2)16-10-8-15(9-11-16)13(3)4/h8-11,13-14,17-18H,6-7,12H2,1-5H3. The van der Waals surface area contributed by atoms with E-state index in [1.165, 1.54) is 24.0 Å². The van der Waals surface area contributed by atoms with Gasteiger partial charge in [-0.25, -0.2) is 0 Å². The van der Waals surface area contributed by atoms with Crippen molar-refractivity contribution in [1.82, 2.24) is 5.32 Å². The van der Waals surface area contributed by atoms with E-state index in [4.69, 9.17) is 0 Å². The molecule has 1 aromatic carbocycles. The molecule has 0 radical (unpaired) electrons. The Morgan fingerprint density at radius 1 is 0.944 bits per heavy atom. The third-order valence-corrected chi connectivity index (χ3v) is 3.79. The van der Waals surface area contributed by atoms with Crippen LogP contribution in [0.2, 0.25) is 0 Å².